The number of amides is 2. The van der Waals surface area contributed by atoms with E-state index < -0.39 is 283 Å². The zero-order chi connectivity index (χ0) is 88.7. The average molecular weight is 1880 g/mol. The number of hydrogen-bond acceptors (Lipinski definition) is 48. The Bertz CT molecular complexity index is 3460. The minimum atomic E-state index is -2.30. The molecule has 50 heteroatoms. The molecule has 21 saturated heterocycles. The molecule has 21 aliphatic rings. The van der Waals surface area contributed by atoms with Crippen LogP contribution in [0.15, 0.2) is 58.8 Å². The Balaban J connectivity index is 0.912. The van der Waals surface area contributed by atoms with E-state index in [4.69, 9.17) is 75.8 Å². The highest BCUT2D eigenvalue weighted by Gasteiger charge is 2.60. The van der Waals surface area contributed by atoms with Crippen molar-refractivity contribution < 1.29 is 192 Å². The fourth-order valence-electron chi connectivity index (χ4n) is 14.3. The number of hydrogen-bond donors (Lipinski definition) is 22. The second-order valence-electron chi connectivity index (χ2n) is 29.8. The first-order chi connectivity index (χ1) is 59.1. The zero-order valence-corrected chi connectivity index (χ0v) is 71.5. The lowest BCUT2D eigenvalue weighted by Crippen LogP contribution is -2.68. The van der Waals surface area contributed by atoms with Gasteiger partial charge in [-0.2, -0.15) is 23.5 Å². The molecule has 14 bridgehead atoms. The molecule has 37 atom stereocenters. The third-order valence-corrected chi connectivity index (χ3v) is 28.0. The summed E-state index contributed by atoms with van der Waals surface area (Å²) in [4.78, 5) is 61.3. The van der Waals surface area contributed by atoms with Crippen LogP contribution in [0.5, 0.6) is 0 Å². The van der Waals surface area contributed by atoms with Gasteiger partial charge in [-0.25, -0.2) is 9.97 Å². The van der Waals surface area contributed by atoms with Gasteiger partial charge in [0.1, 0.15) is 180 Å². The van der Waals surface area contributed by atoms with Crippen LogP contribution in [0.3, 0.4) is 0 Å². The lowest BCUT2D eigenvalue weighted by atomic mass is 9.95. The molecule has 23 heterocycles. The normalized spacial score (nSPS) is 39.4. The zero-order valence-electron chi connectivity index (χ0n) is 66.6. The number of ether oxygens (including phenoxy) is 16. The summed E-state index contributed by atoms with van der Waals surface area (Å²) in [5.74, 6) is -2.59. The quantitative estimate of drug-likeness (QED) is 0.0221. The van der Waals surface area contributed by atoms with Crippen molar-refractivity contribution in [3.8, 4) is 0 Å². The highest BCUT2D eigenvalue weighted by molar-refractivity contribution is 8.77. The summed E-state index contributed by atoms with van der Waals surface area (Å²) in [5, 5.41) is 231. The summed E-state index contributed by atoms with van der Waals surface area (Å²) in [6, 6.07) is 9.91. The molecule has 22 N–H and O–H groups in total. The number of Topliss-reactive ketones (excluding diaryl/α,β-unsaturated/α-hetero) is 2. The van der Waals surface area contributed by atoms with Gasteiger partial charge in [0.15, 0.2) is 44.0 Å². The third-order valence-electron chi connectivity index (χ3n) is 21.1. The molecule has 14 unspecified atom stereocenters. The molecule has 2 aromatic heterocycles. The molecule has 2 aromatic rings. The maximum atomic E-state index is 14.2. The monoisotopic (exact) mass is 1880 g/mol. The Hall–Kier alpha value is -2.76. The maximum absolute atomic E-state index is 14.2. The van der Waals surface area contributed by atoms with Crippen LogP contribution in [-0.2, 0) is 95.0 Å². The van der Waals surface area contributed by atoms with Crippen molar-refractivity contribution in [1.29, 1.82) is 0 Å². The van der Waals surface area contributed by atoms with Crippen LogP contribution in [0.25, 0.3) is 0 Å². The summed E-state index contributed by atoms with van der Waals surface area (Å²) in [6.07, 6.45) is -69.3. The first kappa shape index (κ1) is 102. The van der Waals surface area contributed by atoms with E-state index in [1.54, 1.807) is 30.6 Å². The smallest absolute Gasteiger partial charge is 0.238 e. The molecular formula is C73H113N5O39S6. The summed E-state index contributed by atoms with van der Waals surface area (Å²) < 4.78 is 95.5. The summed E-state index contributed by atoms with van der Waals surface area (Å²) in [6.45, 7) is -3.37. The van der Waals surface area contributed by atoms with Crippen molar-refractivity contribution in [3.63, 3.8) is 0 Å². The number of nitrogens with zero attached hydrogens (tertiary/aromatic N) is 2. The summed E-state index contributed by atoms with van der Waals surface area (Å²) in [5.41, 5.74) is 0. The number of ketones is 2. The van der Waals surface area contributed by atoms with Crippen molar-refractivity contribution in [3.05, 3.63) is 48.8 Å². The average Bonchev–Trinajstić information content (AvgIpc) is 0.886. The number of likely N-dealkylation sites (N-methyl/N-ethyl adjacent to an activating group) is 1. The lowest BCUT2D eigenvalue weighted by Gasteiger charge is -2.50. The highest BCUT2D eigenvalue weighted by Crippen LogP contribution is 2.41. The largest absolute Gasteiger partial charge is 0.394 e. The van der Waals surface area contributed by atoms with E-state index in [0.717, 1.165) is 28.5 Å². The van der Waals surface area contributed by atoms with Gasteiger partial charge >= 0.3 is 0 Å². The van der Waals surface area contributed by atoms with Crippen LogP contribution in [0.1, 0.15) is 26.2 Å². The topological polar surface area (TPSA) is 662 Å². The summed E-state index contributed by atoms with van der Waals surface area (Å²) >= 11 is 1.96. The number of carbonyl (C=O) groups is 4. The highest BCUT2D eigenvalue weighted by atomic mass is 33.1. The van der Waals surface area contributed by atoms with Crippen molar-refractivity contribution in [2.24, 2.45) is 5.92 Å². The molecule has 2 amide bonds. The second-order valence-corrected chi connectivity index (χ2v) is 36.8. The van der Waals surface area contributed by atoms with Crippen molar-refractivity contribution >= 4 is 90.1 Å². The molecule has 0 spiro atoms. The fraction of sp³-hybridized carbons (Fsp3) is 0.808. The number of nitrogens with one attached hydrogen (secondary N) is 3. The van der Waals surface area contributed by atoms with E-state index in [2.05, 4.69) is 25.9 Å². The van der Waals surface area contributed by atoms with E-state index in [0.29, 0.717) is 16.5 Å². The Kier molecular flexibility index (Phi) is 42.2. The van der Waals surface area contributed by atoms with Gasteiger partial charge in [0, 0.05) is 79.3 Å². The van der Waals surface area contributed by atoms with E-state index >= 15 is 0 Å². The number of aliphatic hydroxyl groups is 19. The molecule has 123 heavy (non-hydrogen) atoms. The standard InChI is InChI=1S/C73H113N5O39S6/c1-31(84)9-15-102-17-18-103-16-10-33(85)21-32(65(100)77-13-19-120-122-42-7-3-5-11-75-42)27-118-29-40-63-49(91)56(98)72(109-40)114-61-38(25-82)105-69(52(94)45(61)87)113-60-37(24-81)108-71(55(97)48(60)90)117-64-41(30-119-28-34(74-2)66(101)78-14-20-121-123-43-8-4-6-12-76-43)110-73(57(99)50(64)92)115-62-39(26-83)106-68(53(95)46(62)88)111-58-35(22-79)104-67(51(93)44(58)86)112-59-36(23-80)107-70(116-63)54(96)47(59)89/h3-8,11-12,32,34-41,44-64,67-74,79-83,86-99H,9-10,13-30H2,1-2H3,(H,77,100)(H,78,101)/t32-,34-,35?,36?,37?,38?,39?,40?,41?,44-,45-,46-,47-,48-,49-,50-,51?,52?,53?,54?,55?,56?,57?,58-,59-,60-,61-,62-,63-,64-,67-,68-,69-,70-,71-,72-,73+/m1/s1. The molecule has 0 aromatic carbocycles. The van der Waals surface area contributed by atoms with Gasteiger partial charge in [-0.05, 0) is 59.8 Å². The van der Waals surface area contributed by atoms with Crippen molar-refractivity contribution in [1.82, 2.24) is 25.9 Å². The molecule has 0 aliphatic carbocycles. The van der Waals surface area contributed by atoms with Crippen LogP contribution in [0, 0.1) is 5.92 Å². The molecule has 0 saturated carbocycles. The molecule has 700 valence electrons. The number of pyridine rings is 2. The molecule has 21 fully saturated rings. The number of aliphatic hydroxyl groups excluding tert-OH is 19. The first-order valence-corrected chi connectivity index (χ1v) is 46.8. The number of thioether (sulfide) groups is 2. The lowest BCUT2D eigenvalue weighted by molar-refractivity contribution is -0.395. The van der Waals surface area contributed by atoms with E-state index in [9.17, 15) is 116 Å². The molecule has 23 rings (SSSR count). The second kappa shape index (κ2) is 50.8. The van der Waals surface area contributed by atoms with Gasteiger partial charge < -0.3 is 189 Å². The van der Waals surface area contributed by atoms with Crippen molar-refractivity contribution in [2.45, 2.75) is 257 Å². The van der Waals surface area contributed by atoms with Crippen molar-refractivity contribution in [2.75, 3.05) is 114 Å². The minimum Gasteiger partial charge on any atom is -0.394 e. The van der Waals surface area contributed by atoms with Crippen LogP contribution < -0.4 is 16.0 Å². The Morgan fingerprint density at radius 3 is 0.992 bits per heavy atom. The maximum Gasteiger partial charge on any atom is 0.238 e. The van der Waals surface area contributed by atoms with Crippen LogP contribution in [-0.4, -0.2) is 465 Å². The number of aromatic nitrogens is 2. The Morgan fingerprint density at radius 2 is 0.691 bits per heavy atom. The SMILES string of the molecule is CN[C@H](CSCC1O[C@H]2O[C@@H]3C(CO)O[C@H](O[C@@H]4C(CO)O[C@H](O[C@@H]5C(CO)O[C@H](O[C@@H]6C(CSC[C@@H](CC(=O)CCOCCOCCC(C)=O)C(=O)NCCSSc7ccccn7)O[C@H](O[C@@H]7C(CO)O[C@H](O[C@@H]8C(CO)O[C@H](O[C@H]1[C@H](O)C2O)C(O)[C@H]8O)C(O)[C@H]7O)C(O)[C@H]6O)C(O)[C@H]5O)C(O)[C@H]4O)C(O)[C@H]3O)C(=O)NCCSSc1ccccn1. The van der Waals surface area contributed by atoms with Gasteiger partial charge in [0.25, 0.3) is 0 Å². The van der Waals surface area contributed by atoms with Gasteiger partial charge in [-0.3, -0.25) is 19.2 Å². The predicted molar refractivity (Wildman–Crippen MR) is 428 cm³/mol. The van der Waals surface area contributed by atoms with Crippen LogP contribution in [0.2, 0.25) is 0 Å². The number of rotatable bonds is 37. The molecule has 0 radical (unpaired) electrons. The predicted octanol–water partition coefficient (Wildman–Crippen LogP) is -9.28. The van der Waals surface area contributed by atoms with Crippen LogP contribution >= 0.6 is 66.7 Å². The first-order valence-electron chi connectivity index (χ1n) is 39.8. The minimum absolute atomic E-state index is 0.0233. The fourth-order valence-corrected chi connectivity index (χ4v) is 20.3. The third kappa shape index (κ3) is 27.5. The Morgan fingerprint density at radius 1 is 0.390 bits per heavy atom. The van der Waals surface area contributed by atoms with Gasteiger partial charge in [0.2, 0.25) is 11.8 Å². The van der Waals surface area contributed by atoms with Crippen LogP contribution in [0.4, 0.5) is 0 Å². The van der Waals surface area contributed by atoms with Gasteiger partial charge in [-0.1, -0.05) is 33.7 Å². The van der Waals surface area contributed by atoms with E-state index in [-0.39, 0.29) is 81.8 Å². The summed E-state index contributed by atoms with van der Waals surface area (Å²) in [7, 11) is 7.12. The molecular weight excluding hydrogens is 1760 g/mol. The Labute approximate surface area is 730 Å². The van der Waals surface area contributed by atoms with Gasteiger partial charge in [0.05, 0.1) is 83.6 Å². The van der Waals surface area contributed by atoms with Gasteiger partial charge in [-0.15, -0.1) is 0 Å². The molecule has 21 aliphatic heterocycles. The van der Waals surface area contributed by atoms with E-state index in [1.807, 2.05) is 18.2 Å². The van der Waals surface area contributed by atoms with E-state index in [1.165, 1.54) is 57.1 Å². The number of carbonyl (C=O) groups excluding carboxylic acids is 4. The molecule has 44 nitrogen and oxygen atoms in total.